The van der Waals surface area contributed by atoms with Crippen LogP contribution in [0, 0.1) is 6.92 Å². The van der Waals surface area contributed by atoms with Gasteiger partial charge in [0.2, 0.25) is 5.95 Å². The van der Waals surface area contributed by atoms with Crippen molar-refractivity contribution in [2.45, 2.75) is 45.8 Å². The first kappa shape index (κ1) is 21.6. The van der Waals surface area contributed by atoms with E-state index in [1.54, 1.807) is 4.68 Å². The molecule has 1 aliphatic carbocycles. The molecule has 33 heavy (non-hydrogen) atoms. The number of nitrogens with zero attached hydrogens (tertiary/aromatic N) is 4. The average Bonchev–Trinajstić information content (AvgIpc) is 3.26. The molecule has 0 radical (unpaired) electrons. The predicted octanol–water partition coefficient (Wildman–Crippen LogP) is 4.74. The fourth-order valence-corrected chi connectivity index (χ4v) is 4.97. The fraction of sp³-hybridized carbons (Fsp3) is 0.333. The molecule has 2 aliphatic rings. The Kier molecular flexibility index (Phi) is 5.88. The second-order valence-electron chi connectivity index (χ2n) is 8.12. The first-order valence-electron chi connectivity index (χ1n) is 11.0. The topological polar surface area (TPSA) is 91.2 Å². The Hall–Kier alpha value is -3.20. The lowest BCUT2D eigenvalue weighted by atomic mass is 9.85. The Morgan fingerprint density at radius 2 is 2.06 bits per heavy atom. The van der Waals surface area contributed by atoms with Gasteiger partial charge < -0.3 is 14.8 Å². The number of benzene rings is 2. The lowest BCUT2D eigenvalue weighted by Crippen LogP contribution is -2.31. The molecule has 2 aromatic carbocycles. The first-order valence-corrected chi connectivity index (χ1v) is 11.8. The molecule has 3 aromatic rings. The summed E-state index contributed by atoms with van der Waals surface area (Å²) < 4.78 is 14.6. The van der Waals surface area contributed by atoms with Gasteiger partial charge >= 0.3 is 0 Å². The third-order valence-corrected chi connectivity index (χ3v) is 6.60. The summed E-state index contributed by atoms with van der Waals surface area (Å²) in [6, 6.07) is 11.6. The molecule has 1 aromatic heterocycles. The van der Waals surface area contributed by atoms with E-state index in [0.29, 0.717) is 42.7 Å². The number of halogens is 1. The van der Waals surface area contributed by atoms with Gasteiger partial charge in [-0.05, 0) is 81.9 Å². The van der Waals surface area contributed by atoms with E-state index >= 15 is 0 Å². The van der Waals surface area contributed by atoms with Crippen molar-refractivity contribution in [2.75, 3.05) is 11.9 Å². The zero-order valence-electron chi connectivity index (χ0n) is 18.5. The van der Waals surface area contributed by atoms with Gasteiger partial charge in [0, 0.05) is 17.7 Å². The van der Waals surface area contributed by atoms with Crippen molar-refractivity contribution in [3.05, 3.63) is 68.8 Å². The van der Waals surface area contributed by atoms with E-state index in [2.05, 4.69) is 55.8 Å². The molecule has 0 fully saturated rings. The van der Waals surface area contributed by atoms with E-state index in [1.807, 2.05) is 31.2 Å². The maximum atomic E-state index is 13.0. The summed E-state index contributed by atoms with van der Waals surface area (Å²) in [5.41, 5.74) is 4.73. The maximum Gasteiger partial charge on any atom is 0.248 e. The molecule has 1 N–H and O–H groups in total. The lowest BCUT2D eigenvalue weighted by molar-refractivity contribution is -0.116. The summed E-state index contributed by atoms with van der Waals surface area (Å²) in [6.45, 7) is 4.89. The predicted molar refractivity (Wildman–Crippen MR) is 126 cm³/mol. The standard InChI is InChI=1S/C24H24BrN5O3/c1-3-32-20-12-16(11-17(25)23(20)33-13-15-8-5-4-7-14(15)2)22-21-18(9-6-10-19(21)31)26-24-27-28-29-30(22)24/h4-5,7-8,11-12,22H,3,6,9-10,13H2,1-2H3,(H,26,27,29). The number of anilines is 1. The van der Waals surface area contributed by atoms with Crippen molar-refractivity contribution in [2.24, 2.45) is 0 Å². The van der Waals surface area contributed by atoms with Crippen LogP contribution in [0.5, 0.6) is 11.5 Å². The largest absolute Gasteiger partial charge is 0.490 e. The number of Topliss-reactive ketones (excluding diaryl/α,β-unsaturated/α-hetero) is 1. The fourth-order valence-electron chi connectivity index (χ4n) is 4.40. The number of carbonyl (C=O) groups excluding carboxylic acids is 1. The van der Waals surface area contributed by atoms with E-state index in [0.717, 1.165) is 34.1 Å². The van der Waals surface area contributed by atoms with Crippen LogP contribution in [0.25, 0.3) is 0 Å². The SMILES string of the molecule is CCOc1cc(C2C3=C(CCCC3=O)Nc3nnnn32)cc(Br)c1OCc1ccccc1C. The maximum absolute atomic E-state index is 13.0. The number of aromatic nitrogens is 4. The number of carbonyl (C=O) groups is 1. The van der Waals surface area contributed by atoms with Crippen LogP contribution in [-0.2, 0) is 11.4 Å². The van der Waals surface area contributed by atoms with Gasteiger partial charge in [0.1, 0.15) is 12.6 Å². The molecular formula is C24H24BrN5O3. The van der Waals surface area contributed by atoms with Crippen LogP contribution < -0.4 is 14.8 Å². The smallest absolute Gasteiger partial charge is 0.248 e. The van der Waals surface area contributed by atoms with Gasteiger partial charge in [0.05, 0.1) is 11.1 Å². The number of ketones is 1. The summed E-state index contributed by atoms with van der Waals surface area (Å²) in [5, 5.41) is 15.3. The van der Waals surface area contributed by atoms with Crippen LogP contribution in [-0.4, -0.2) is 32.6 Å². The summed E-state index contributed by atoms with van der Waals surface area (Å²) in [4.78, 5) is 13.0. The Morgan fingerprint density at radius 1 is 1.21 bits per heavy atom. The zero-order valence-corrected chi connectivity index (χ0v) is 20.1. The zero-order chi connectivity index (χ0) is 22.9. The van der Waals surface area contributed by atoms with Crippen LogP contribution >= 0.6 is 15.9 Å². The third-order valence-electron chi connectivity index (χ3n) is 6.01. The van der Waals surface area contributed by atoms with Gasteiger partial charge in [0.15, 0.2) is 17.3 Å². The van der Waals surface area contributed by atoms with Crippen molar-refractivity contribution in [1.29, 1.82) is 0 Å². The lowest BCUT2D eigenvalue weighted by Gasteiger charge is -2.32. The molecule has 0 bridgehead atoms. The molecule has 170 valence electrons. The molecule has 8 nitrogen and oxygen atoms in total. The van der Waals surface area contributed by atoms with Gasteiger partial charge in [-0.15, -0.1) is 0 Å². The van der Waals surface area contributed by atoms with Gasteiger partial charge in [0.25, 0.3) is 0 Å². The van der Waals surface area contributed by atoms with Crippen molar-refractivity contribution in [3.63, 3.8) is 0 Å². The van der Waals surface area contributed by atoms with Crippen molar-refractivity contribution < 1.29 is 14.3 Å². The van der Waals surface area contributed by atoms with Crippen molar-refractivity contribution >= 4 is 27.7 Å². The molecule has 2 heterocycles. The quantitative estimate of drug-likeness (QED) is 0.512. The van der Waals surface area contributed by atoms with Gasteiger partial charge in [-0.2, -0.15) is 4.68 Å². The van der Waals surface area contributed by atoms with E-state index in [-0.39, 0.29) is 5.78 Å². The first-order chi connectivity index (χ1) is 16.1. The number of ether oxygens (including phenoxy) is 2. The Labute approximate surface area is 200 Å². The van der Waals surface area contributed by atoms with Gasteiger partial charge in [-0.3, -0.25) is 4.79 Å². The summed E-state index contributed by atoms with van der Waals surface area (Å²) in [5.74, 6) is 1.87. The molecule has 5 rings (SSSR count). The molecule has 1 unspecified atom stereocenters. The number of tetrazole rings is 1. The van der Waals surface area contributed by atoms with Crippen LogP contribution in [0.3, 0.4) is 0 Å². The molecule has 0 saturated carbocycles. The van der Waals surface area contributed by atoms with Crippen LogP contribution in [0.2, 0.25) is 0 Å². The number of nitrogens with one attached hydrogen (secondary N) is 1. The third kappa shape index (κ3) is 4.01. The van der Waals surface area contributed by atoms with Crippen molar-refractivity contribution in [1.82, 2.24) is 20.2 Å². The van der Waals surface area contributed by atoms with Crippen LogP contribution in [0.15, 0.2) is 52.1 Å². The minimum absolute atomic E-state index is 0.115. The molecule has 1 atom stereocenters. The normalized spacial score (nSPS) is 17.3. The molecule has 1 aliphatic heterocycles. The highest BCUT2D eigenvalue weighted by molar-refractivity contribution is 9.10. The van der Waals surface area contributed by atoms with Crippen molar-refractivity contribution in [3.8, 4) is 11.5 Å². The minimum Gasteiger partial charge on any atom is -0.490 e. The molecule has 0 amide bonds. The van der Waals surface area contributed by atoms with Gasteiger partial charge in [-0.25, -0.2) is 0 Å². The Balaban J connectivity index is 1.56. The van der Waals surface area contributed by atoms with Crippen LogP contribution in [0.4, 0.5) is 5.95 Å². The van der Waals surface area contributed by atoms with E-state index in [9.17, 15) is 4.79 Å². The molecule has 0 spiro atoms. The van der Waals surface area contributed by atoms with E-state index in [1.165, 1.54) is 5.56 Å². The number of hydrogen-bond donors (Lipinski definition) is 1. The number of aryl methyl sites for hydroxylation is 1. The monoisotopic (exact) mass is 509 g/mol. The highest BCUT2D eigenvalue weighted by Crippen LogP contribution is 2.44. The Bertz CT molecular complexity index is 1250. The molecule has 0 saturated heterocycles. The summed E-state index contributed by atoms with van der Waals surface area (Å²) in [7, 11) is 0. The second kappa shape index (κ2) is 8.97. The van der Waals surface area contributed by atoms with E-state index < -0.39 is 6.04 Å². The van der Waals surface area contributed by atoms with Crippen LogP contribution in [0.1, 0.15) is 48.9 Å². The average molecular weight is 510 g/mol. The summed E-state index contributed by atoms with van der Waals surface area (Å²) in [6.07, 6.45) is 2.13. The number of allylic oxidation sites excluding steroid dienone is 2. The Morgan fingerprint density at radius 3 is 2.88 bits per heavy atom. The highest BCUT2D eigenvalue weighted by atomic mass is 79.9. The number of fused-ring (bicyclic) bond motifs is 1. The number of hydrogen-bond acceptors (Lipinski definition) is 7. The second-order valence-corrected chi connectivity index (χ2v) is 8.98. The van der Waals surface area contributed by atoms with Gasteiger partial charge in [-0.1, -0.05) is 29.4 Å². The molecular weight excluding hydrogens is 486 g/mol. The summed E-state index contributed by atoms with van der Waals surface area (Å²) >= 11 is 3.68. The molecule has 9 heteroatoms. The highest BCUT2D eigenvalue weighted by Gasteiger charge is 2.37. The van der Waals surface area contributed by atoms with E-state index in [4.69, 9.17) is 9.47 Å². The number of rotatable bonds is 6. The minimum atomic E-state index is -0.431.